The zero-order valence-corrected chi connectivity index (χ0v) is 17.9. The molecular formula is C20H23N5O5S. The van der Waals surface area contributed by atoms with Gasteiger partial charge in [0.1, 0.15) is 18.6 Å². The van der Waals surface area contributed by atoms with E-state index in [2.05, 4.69) is 9.97 Å². The number of rotatable bonds is 7. The molecule has 0 N–H and O–H groups in total. The highest BCUT2D eigenvalue weighted by Gasteiger charge is 2.27. The van der Waals surface area contributed by atoms with Crippen molar-refractivity contribution in [2.24, 2.45) is 0 Å². The van der Waals surface area contributed by atoms with Crippen LogP contribution in [0.3, 0.4) is 0 Å². The molecule has 3 heterocycles. The van der Waals surface area contributed by atoms with Gasteiger partial charge in [-0.15, -0.1) is 0 Å². The molecule has 4 rings (SSSR count). The molecule has 1 saturated heterocycles. The first-order valence-electron chi connectivity index (χ1n) is 10.1. The average molecular weight is 446 g/mol. The van der Waals surface area contributed by atoms with Gasteiger partial charge in [0.2, 0.25) is 15.8 Å². The molecule has 1 fully saturated rings. The van der Waals surface area contributed by atoms with Crippen molar-refractivity contribution in [3.63, 3.8) is 0 Å². The number of ether oxygens (including phenoxy) is 1. The number of nitro groups is 1. The lowest BCUT2D eigenvalue weighted by Gasteiger charge is -2.25. The van der Waals surface area contributed by atoms with Crippen molar-refractivity contribution < 1.29 is 18.1 Å². The van der Waals surface area contributed by atoms with Crippen molar-refractivity contribution in [3.8, 4) is 5.75 Å². The molecule has 1 aliphatic rings. The Morgan fingerprint density at radius 1 is 1.19 bits per heavy atom. The van der Waals surface area contributed by atoms with E-state index < -0.39 is 14.9 Å². The molecule has 0 spiro atoms. The Morgan fingerprint density at radius 2 is 1.97 bits per heavy atom. The predicted molar refractivity (Wildman–Crippen MR) is 113 cm³/mol. The van der Waals surface area contributed by atoms with E-state index in [-0.39, 0.29) is 23.1 Å². The van der Waals surface area contributed by atoms with Crippen molar-refractivity contribution in [1.29, 1.82) is 0 Å². The fraction of sp³-hybridized carbons (Fsp3) is 0.400. The minimum absolute atomic E-state index is 0.0107. The second kappa shape index (κ2) is 8.60. The van der Waals surface area contributed by atoms with Crippen LogP contribution in [0.2, 0.25) is 0 Å². The van der Waals surface area contributed by atoms with E-state index in [1.54, 1.807) is 24.3 Å². The van der Waals surface area contributed by atoms with E-state index in [1.165, 1.54) is 16.6 Å². The van der Waals surface area contributed by atoms with Crippen molar-refractivity contribution in [1.82, 2.24) is 18.8 Å². The van der Waals surface area contributed by atoms with Crippen molar-refractivity contribution >= 4 is 26.9 Å². The van der Waals surface area contributed by atoms with Crippen molar-refractivity contribution in [2.75, 3.05) is 13.1 Å². The topological polar surface area (TPSA) is 120 Å². The van der Waals surface area contributed by atoms with Gasteiger partial charge in [0, 0.05) is 19.6 Å². The summed E-state index contributed by atoms with van der Waals surface area (Å²) in [6.07, 6.45) is 4.11. The molecule has 0 radical (unpaired) electrons. The molecule has 0 amide bonds. The molecule has 11 heteroatoms. The summed E-state index contributed by atoms with van der Waals surface area (Å²) in [5, 5.41) is 11.1. The van der Waals surface area contributed by atoms with Crippen molar-refractivity contribution in [3.05, 3.63) is 52.5 Å². The minimum Gasteiger partial charge on any atom is -0.478 e. The molecule has 3 aromatic rings. The molecule has 0 unspecified atom stereocenters. The summed E-state index contributed by atoms with van der Waals surface area (Å²) in [5.74, 6) is 0.232. The summed E-state index contributed by atoms with van der Waals surface area (Å²) in [6, 6.07) is 7.98. The van der Waals surface area contributed by atoms with E-state index in [4.69, 9.17) is 4.74 Å². The highest BCUT2D eigenvalue weighted by Crippen LogP contribution is 2.27. The Labute approximate surface area is 179 Å². The molecule has 0 saturated carbocycles. The van der Waals surface area contributed by atoms with Crippen LogP contribution in [0.15, 0.2) is 41.4 Å². The molecule has 0 aliphatic carbocycles. The SMILES string of the molecule is CCn1c(COc2cccnc2[N+](=O)[O-])nc2cc(S(=O)(=O)N3CCCCC3)ccc21. The Hall–Kier alpha value is -3.05. The first-order chi connectivity index (χ1) is 14.9. The number of nitrogens with zero attached hydrogens (tertiary/aromatic N) is 5. The van der Waals surface area contributed by atoms with Crippen LogP contribution >= 0.6 is 0 Å². The van der Waals surface area contributed by atoms with Gasteiger partial charge in [-0.2, -0.15) is 4.31 Å². The smallest absolute Gasteiger partial charge is 0.406 e. The van der Waals surface area contributed by atoms with Crippen LogP contribution in [0.1, 0.15) is 32.0 Å². The first-order valence-corrected chi connectivity index (χ1v) is 11.6. The maximum absolute atomic E-state index is 13.0. The summed E-state index contributed by atoms with van der Waals surface area (Å²) >= 11 is 0. The molecular weight excluding hydrogens is 422 g/mol. The summed E-state index contributed by atoms with van der Waals surface area (Å²) in [4.78, 5) is 19.1. The zero-order chi connectivity index (χ0) is 22.0. The summed E-state index contributed by atoms with van der Waals surface area (Å²) < 4.78 is 35.1. The van der Waals surface area contributed by atoms with Crippen LogP contribution in [0, 0.1) is 10.1 Å². The molecule has 2 aromatic heterocycles. The molecule has 31 heavy (non-hydrogen) atoms. The lowest BCUT2D eigenvalue weighted by atomic mass is 10.2. The van der Waals surface area contributed by atoms with E-state index in [0.717, 1.165) is 24.8 Å². The summed E-state index contributed by atoms with van der Waals surface area (Å²) in [7, 11) is -3.56. The van der Waals surface area contributed by atoms with E-state index in [1.807, 2.05) is 11.5 Å². The number of pyridine rings is 1. The standard InChI is InChI=1S/C20H23N5O5S/c1-2-24-17-9-8-15(31(28,29)23-11-4-3-5-12-23)13-16(17)22-19(24)14-30-18-7-6-10-21-20(18)25(26)27/h6-10,13H,2-5,11-12,14H2,1H3. The number of benzene rings is 1. The molecule has 164 valence electrons. The Bertz CT molecular complexity index is 1220. The van der Waals surface area contributed by atoms with Gasteiger partial charge < -0.3 is 19.4 Å². The van der Waals surface area contributed by atoms with Crippen LogP contribution in [-0.4, -0.2) is 45.3 Å². The first kappa shape index (κ1) is 21.2. The number of sulfonamides is 1. The lowest BCUT2D eigenvalue weighted by molar-refractivity contribution is -0.390. The third-order valence-corrected chi connectivity index (χ3v) is 7.24. The monoisotopic (exact) mass is 445 g/mol. The third kappa shape index (κ3) is 4.10. The maximum Gasteiger partial charge on any atom is 0.406 e. The van der Waals surface area contributed by atoms with Crippen LogP contribution in [0.4, 0.5) is 5.82 Å². The van der Waals surface area contributed by atoms with Crippen LogP contribution in [-0.2, 0) is 23.2 Å². The number of piperidine rings is 1. The molecule has 0 bridgehead atoms. The fourth-order valence-electron chi connectivity index (χ4n) is 3.81. The Kier molecular flexibility index (Phi) is 5.88. The summed E-state index contributed by atoms with van der Waals surface area (Å²) in [6.45, 7) is 3.58. The third-order valence-electron chi connectivity index (χ3n) is 5.35. The van der Waals surface area contributed by atoms with E-state index >= 15 is 0 Å². The van der Waals surface area contributed by atoms with Crippen LogP contribution < -0.4 is 4.74 Å². The second-order valence-electron chi connectivity index (χ2n) is 7.26. The fourth-order valence-corrected chi connectivity index (χ4v) is 5.35. The zero-order valence-electron chi connectivity index (χ0n) is 17.1. The van der Waals surface area contributed by atoms with Crippen LogP contribution in [0.25, 0.3) is 11.0 Å². The molecule has 10 nitrogen and oxygen atoms in total. The maximum atomic E-state index is 13.0. The van der Waals surface area contributed by atoms with Gasteiger partial charge in [-0.1, -0.05) is 6.42 Å². The highest BCUT2D eigenvalue weighted by molar-refractivity contribution is 7.89. The minimum atomic E-state index is -3.56. The quantitative estimate of drug-likeness (QED) is 0.405. The van der Waals surface area contributed by atoms with Crippen LogP contribution in [0.5, 0.6) is 5.75 Å². The average Bonchev–Trinajstić information content (AvgIpc) is 3.15. The van der Waals surface area contributed by atoms with Gasteiger partial charge in [0.05, 0.1) is 15.9 Å². The number of hydrogen-bond donors (Lipinski definition) is 0. The molecule has 0 atom stereocenters. The number of fused-ring (bicyclic) bond motifs is 1. The van der Waals surface area contributed by atoms with E-state index in [9.17, 15) is 18.5 Å². The van der Waals surface area contributed by atoms with E-state index in [0.29, 0.717) is 31.0 Å². The second-order valence-corrected chi connectivity index (χ2v) is 9.20. The predicted octanol–water partition coefficient (Wildman–Crippen LogP) is 3.11. The lowest BCUT2D eigenvalue weighted by Crippen LogP contribution is -2.35. The van der Waals surface area contributed by atoms with Gasteiger partial charge in [-0.25, -0.2) is 13.4 Å². The summed E-state index contributed by atoms with van der Waals surface area (Å²) in [5.41, 5.74) is 1.32. The van der Waals surface area contributed by atoms with Gasteiger partial charge in [0.15, 0.2) is 0 Å². The highest BCUT2D eigenvalue weighted by atomic mass is 32.2. The Morgan fingerprint density at radius 3 is 2.68 bits per heavy atom. The molecule has 1 aliphatic heterocycles. The number of hydrogen-bond acceptors (Lipinski definition) is 7. The molecule has 1 aromatic carbocycles. The van der Waals surface area contributed by atoms with Gasteiger partial charge in [0.25, 0.3) is 0 Å². The number of imidazole rings is 1. The number of aromatic nitrogens is 3. The van der Waals surface area contributed by atoms with Gasteiger partial charge in [-0.05, 0) is 60.0 Å². The Balaban J connectivity index is 1.64. The number of aryl methyl sites for hydroxylation is 1. The largest absolute Gasteiger partial charge is 0.478 e. The van der Waals surface area contributed by atoms with Gasteiger partial charge >= 0.3 is 5.82 Å². The van der Waals surface area contributed by atoms with Gasteiger partial charge in [-0.3, -0.25) is 0 Å². The van der Waals surface area contributed by atoms with Crippen molar-refractivity contribution in [2.45, 2.75) is 44.2 Å². The normalized spacial score (nSPS) is 15.3.